The Morgan fingerprint density at radius 3 is 2.16 bits per heavy atom. The van der Waals surface area contributed by atoms with Crippen LogP contribution in [0.3, 0.4) is 0 Å². The summed E-state index contributed by atoms with van der Waals surface area (Å²) in [4.78, 5) is 15.0. The van der Waals surface area contributed by atoms with Gasteiger partial charge in [0.2, 0.25) is 5.91 Å². The average molecular weight is 416 g/mol. The van der Waals surface area contributed by atoms with Crippen molar-refractivity contribution in [2.45, 2.75) is 57.9 Å². The summed E-state index contributed by atoms with van der Waals surface area (Å²) in [5, 5.41) is 0. The number of ether oxygens (including phenoxy) is 1. The van der Waals surface area contributed by atoms with Crippen LogP contribution in [-0.4, -0.2) is 28.7 Å². The summed E-state index contributed by atoms with van der Waals surface area (Å²) in [5.41, 5.74) is 2.99. The van der Waals surface area contributed by atoms with E-state index in [1.807, 2.05) is 41.3 Å². The van der Waals surface area contributed by atoms with Crippen LogP contribution in [0.15, 0.2) is 79.4 Å². The third kappa shape index (κ3) is 4.24. The Bertz CT molecular complexity index is 906. The lowest BCUT2D eigenvalue weighted by atomic mass is 9.69. The van der Waals surface area contributed by atoms with Crippen LogP contribution in [0.25, 0.3) is 5.57 Å². The first-order chi connectivity index (χ1) is 14.9. The van der Waals surface area contributed by atoms with Gasteiger partial charge in [-0.15, -0.1) is 0 Å². The predicted octanol–water partition coefficient (Wildman–Crippen LogP) is 6.07. The highest BCUT2D eigenvalue weighted by Crippen LogP contribution is 2.46. The highest BCUT2D eigenvalue weighted by Gasteiger charge is 2.51. The Morgan fingerprint density at radius 2 is 1.61 bits per heavy atom. The highest BCUT2D eigenvalue weighted by atomic mass is 16.5. The van der Waals surface area contributed by atoms with Crippen molar-refractivity contribution in [3.63, 3.8) is 0 Å². The molecule has 3 nitrogen and oxygen atoms in total. The minimum atomic E-state index is -0.442. The molecule has 2 aliphatic rings. The molecule has 1 aliphatic heterocycles. The third-order valence-electron chi connectivity index (χ3n) is 7.04. The maximum absolute atomic E-state index is 13.1. The van der Waals surface area contributed by atoms with Gasteiger partial charge >= 0.3 is 0 Å². The molecule has 0 radical (unpaired) electrons. The largest absolute Gasteiger partial charge is 0.351 e. The van der Waals surface area contributed by atoms with Crippen molar-refractivity contribution >= 4 is 11.5 Å². The number of rotatable bonds is 4. The fraction of sp³-hybridized carbons (Fsp3) is 0.393. The Balaban J connectivity index is 1.82. The van der Waals surface area contributed by atoms with E-state index < -0.39 is 6.23 Å². The van der Waals surface area contributed by atoms with E-state index >= 15 is 0 Å². The van der Waals surface area contributed by atoms with E-state index in [1.54, 1.807) is 0 Å². The fourth-order valence-corrected chi connectivity index (χ4v) is 5.39. The quantitative estimate of drug-likeness (QED) is 0.567. The highest BCUT2D eigenvalue weighted by molar-refractivity contribution is 5.88. The molecule has 3 heteroatoms. The summed E-state index contributed by atoms with van der Waals surface area (Å²) < 4.78 is 6.69. The number of benzene rings is 2. The van der Waals surface area contributed by atoms with Crippen LogP contribution in [-0.2, 0) is 9.53 Å². The Labute approximate surface area is 186 Å². The van der Waals surface area contributed by atoms with Crippen LogP contribution in [0, 0.1) is 11.8 Å². The molecule has 2 aromatic carbocycles. The average Bonchev–Trinajstić information content (AvgIpc) is 2.77. The van der Waals surface area contributed by atoms with Crippen LogP contribution in [0.4, 0.5) is 0 Å². The summed E-state index contributed by atoms with van der Waals surface area (Å²) in [6.07, 6.45) is 6.57. The monoisotopic (exact) mass is 415 g/mol. The SMILES string of the molecule is C=CC(=O)N1[C@H](C=C(c2ccccc2)c2ccccc2)O[C@@H]2C[C@H](C)CC[C@H]2C1(C)C. The van der Waals surface area contributed by atoms with Gasteiger partial charge in [-0.2, -0.15) is 0 Å². The fourth-order valence-electron chi connectivity index (χ4n) is 5.39. The number of hydrogen-bond acceptors (Lipinski definition) is 2. The van der Waals surface area contributed by atoms with Crippen molar-refractivity contribution in [1.82, 2.24) is 4.90 Å². The van der Waals surface area contributed by atoms with Gasteiger partial charge in [0, 0.05) is 11.5 Å². The number of nitrogens with zero attached hydrogens (tertiary/aromatic N) is 1. The second-order valence-electron chi connectivity index (χ2n) is 9.47. The van der Waals surface area contributed by atoms with Crippen LogP contribution in [0.1, 0.15) is 51.2 Å². The molecule has 4 rings (SSSR count). The molecule has 0 bridgehead atoms. The van der Waals surface area contributed by atoms with Gasteiger partial charge < -0.3 is 9.64 Å². The third-order valence-corrected chi connectivity index (χ3v) is 7.04. The van der Waals surface area contributed by atoms with Crippen LogP contribution < -0.4 is 0 Å². The summed E-state index contributed by atoms with van der Waals surface area (Å²) in [7, 11) is 0. The number of carbonyl (C=O) groups is 1. The Hall–Kier alpha value is -2.65. The Morgan fingerprint density at radius 1 is 1.03 bits per heavy atom. The summed E-state index contributed by atoms with van der Waals surface area (Å²) in [6, 6.07) is 20.7. The normalized spacial score (nSPS) is 27.1. The van der Waals surface area contributed by atoms with Gasteiger partial charge in [0.05, 0.1) is 6.10 Å². The van der Waals surface area contributed by atoms with E-state index in [9.17, 15) is 4.79 Å². The lowest BCUT2D eigenvalue weighted by Gasteiger charge is -2.56. The van der Waals surface area contributed by atoms with E-state index in [0.29, 0.717) is 11.8 Å². The minimum absolute atomic E-state index is 0.0798. The second-order valence-corrected chi connectivity index (χ2v) is 9.47. The van der Waals surface area contributed by atoms with E-state index in [1.165, 1.54) is 12.5 Å². The smallest absolute Gasteiger partial charge is 0.248 e. The van der Waals surface area contributed by atoms with Gasteiger partial charge in [-0.3, -0.25) is 4.79 Å². The van der Waals surface area contributed by atoms with Gasteiger partial charge in [-0.25, -0.2) is 0 Å². The zero-order valence-corrected chi connectivity index (χ0v) is 18.8. The van der Waals surface area contributed by atoms with Crippen molar-refractivity contribution < 1.29 is 9.53 Å². The minimum Gasteiger partial charge on any atom is -0.351 e. The molecule has 1 amide bonds. The molecule has 0 spiro atoms. The van der Waals surface area contributed by atoms with Gasteiger partial charge in [0.1, 0.15) is 0 Å². The molecular formula is C28H33NO2. The molecule has 0 unspecified atom stereocenters. The van der Waals surface area contributed by atoms with Gasteiger partial charge in [0.25, 0.3) is 0 Å². The lowest BCUT2D eigenvalue weighted by Crippen LogP contribution is -2.65. The molecular weight excluding hydrogens is 382 g/mol. The first kappa shape index (κ1) is 21.6. The molecule has 0 N–H and O–H groups in total. The summed E-state index contributed by atoms with van der Waals surface area (Å²) in [6.45, 7) is 10.5. The lowest BCUT2D eigenvalue weighted by molar-refractivity contribution is -0.213. The summed E-state index contributed by atoms with van der Waals surface area (Å²) >= 11 is 0. The van der Waals surface area contributed by atoms with Crippen molar-refractivity contribution in [2.75, 3.05) is 0 Å². The maximum atomic E-state index is 13.1. The summed E-state index contributed by atoms with van der Waals surface area (Å²) in [5.74, 6) is 0.893. The molecule has 0 aromatic heterocycles. The number of hydrogen-bond donors (Lipinski definition) is 0. The number of carbonyl (C=O) groups excluding carboxylic acids is 1. The topological polar surface area (TPSA) is 29.5 Å². The molecule has 2 fully saturated rings. The predicted molar refractivity (Wildman–Crippen MR) is 126 cm³/mol. The maximum Gasteiger partial charge on any atom is 0.248 e. The van der Waals surface area contributed by atoms with Crippen LogP contribution in [0.2, 0.25) is 0 Å². The molecule has 1 saturated heterocycles. The van der Waals surface area contributed by atoms with E-state index in [2.05, 4.69) is 57.7 Å². The molecule has 162 valence electrons. The molecule has 1 saturated carbocycles. The number of fused-ring (bicyclic) bond motifs is 1. The molecule has 1 aliphatic carbocycles. The van der Waals surface area contributed by atoms with Gasteiger partial charge in [-0.05, 0) is 61.5 Å². The van der Waals surface area contributed by atoms with E-state index in [0.717, 1.165) is 29.5 Å². The first-order valence-electron chi connectivity index (χ1n) is 11.4. The Kier molecular flexibility index (Phi) is 6.15. The van der Waals surface area contributed by atoms with Crippen molar-refractivity contribution in [3.05, 3.63) is 90.5 Å². The molecule has 31 heavy (non-hydrogen) atoms. The first-order valence-corrected chi connectivity index (χ1v) is 11.4. The van der Waals surface area contributed by atoms with Gasteiger partial charge in [-0.1, -0.05) is 80.6 Å². The van der Waals surface area contributed by atoms with Crippen molar-refractivity contribution in [2.24, 2.45) is 11.8 Å². The molecule has 4 atom stereocenters. The molecule has 1 heterocycles. The van der Waals surface area contributed by atoms with Gasteiger partial charge in [0.15, 0.2) is 6.23 Å². The van der Waals surface area contributed by atoms with Crippen LogP contribution >= 0.6 is 0 Å². The zero-order chi connectivity index (χ0) is 22.0. The number of amides is 1. The van der Waals surface area contributed by atoms with Crippen molar-refractivity contribution in [1.29, 1.82) is 0 Å². The van der Waals surface area contributed by atoms with E-state index in [4.69, 9.17) is 4.74 Å². The second kappa shape index (κ2) is 8.84. The molecule has 2 aromatic rings. The van der Waals surface area contributed by atoms with E-state index in [-0.39, 0.29) is 17.6 Å². The van der Waals surface area contributed by atoms with Crippen molar-refractivity contribution in [3.8, 4) is 0 Å². The standard InChI is InChI=1S/C28H33NO2/c1-5-26(30)29-27(31-25-18-20(2)16-17-24(25)28(29,3)4)19-23(21-12-8-6-9-13-21)22-14-10-7-11-15-22/h5-15,19-20,24-25,27H,1,16-18H2,2-4H3/t20-,24-,25-,27+/m1/s1. The van der Waals surface area contributed by atoms with Crippen LogP contribution in [0.5, 0.6) is 0 Å². The zero-order valence-electron chi connectivity index (χ0n) is 18.8.